The lowest BCUT2D eigenvalue weighted by molar-refractivity contribution is 0.679. The first-order chi connectivity index (χ1) is 11.7. The second-order valence-corrected chi connectivity index (χ2v) is 6.47. The van der Waals surface area contributed by atoms with Crippen LogP contribution in [0.4, 0.5) is 17.5 Å². The first kappa shape index (κ1) is 16.7. The maximum atomic E-state index is 5.98. The van der Waals surface area contributed by atoms with Gasteiger partial charge in [-0.2, -0.15) is 10.1 Å². The maximum Gasteiger partial charge on any atom is 0.249 e. The zero-order valence-corrected chi connectivity index (χ0v) is 14.6. The van der Waals surface area contributed by atoms with Crippen molar-refractivity contribution in [2.45, 2.75) is 39.0 Å². The van der Waals surface area contributed by atoms with Crippen molar-refractivity contribution in [3.63, 3.8) is 0 Å². The molecule has 126 valence electrons. The highest BCUT2D eigenvalue weighted by molar-refractivity contribution is 6.30. The van der Waals surface area contributed by atoms with Crippen LogP contribution in [0.3, 0.4) is 0 Å². The fourth-order valence-corrected chi connectivity index (χ4v) is 3.04. The summed E-state index contributed by atoms with van der Waals surface area (Å²) in [6.45, 7) is 2.85. The van der Waals surface area contributed by atoms with Crippen molar-refractivity contribution >= 4 is 29.1 Å². The Kier molecular flexibility index (Phi) is 5.64. The minimum atomic E-state index is 0.474. The molecule has 0 fully saturated rings. The number of allylic oxidation sites excluding steroid dienone is 1. The van der Waals surface area contributed by atoms with E-state index >= 15 is 0 Å². The third-order valence-corrected chi connectivity index (χ3v) is 4.37. The fraction of sp³-hybridized carbons (Fsp3) is 0.389. The number of nitrogens with zero attached hydrogens (tertiary/aromatic N) is 3. The van der Waals surface area contributed by atoms with Gasteiger partial charge in [-0.1, -0.05) is 23.3 Å². The van der Waals surface area contributed by atoms with Gasteiger partial charge in [0.25, 0.3) is 0 Å². The Hall–Kier alpha value is -2.14. The molecule has 0 atom stereocenters. The largest absolute Gasteiger partial charge is 0.368 e. The fourth-order valence-electron chi connectivity index (χ4n) is 2.81. The molecule has 1 aromatic heterocycles. The highest BCUT2D eigenvalue weighted by atomic mass is 35.5. The lowest BCUT2D eigenvalue weighted by atomic mass is 9.97. The predicted molar refractivity (Wildman–Crippen MR) is 99.0 cm³/mol. The van der Waals surface area contributed by atoms with Crippen molar-refractivity contribution in [3.8, 4) is 0 Å². The average Bonchev–Trinajstić information content (AvgIpc) is 2.59. The van der Waals surface area contributed by atoms with Gasteiger partial charge in [-0.25, -0.2) is 0 Å². The van der Waals surface area contributed by atoms with Crippen LogP contribution in [-0.4, -0.2) is 21.7 Å². The predicted octanol–water partition coefficient (Wildman–Crippen LogP) is 4.88. The lowest BCUT2D eigenvalue weighted by Gasteiger charge is -2.13. The molecule has 2 aromatic rings. The molecule has 1 aliphatic rings. The number of hydrogen-bond acceptors (Lipinski definition) is 5. The van der Waals surface area contributed by atoms with Crippen molar-refractivity contribution in [1.29, 1.82) is 0 Å². The summed E-state index contributed by atoms with van der Waals surface area (Å²) in [5.74, 6) is 1.21. The maximum absolute atomic E-state index is 5.98. The minimum absolute atomic E-state index is 0.474. The molecule has 0 bridgehead atoms. The number of rotatable bonds is 6. The molecule has 24 heavy (non-hydrogen) atoms. The number of hydrogen-bond donors (Lipinski definition) is 2. The Morgan fingerprint density at radius 1 is 1.25 bits per heavy atom. The van der Waals surface area contributed by atoms with E-state index in [-0.39, 0.29) is 0 Å². The van der Waals surface area contributed by atoms with Gasteiger partial charge in [0, 0.05) is 17.3 Å². The Morgan fingerprint density at radius 2 is 2.17 bits per heavy atom. The summed E-state index contributed by atoms with van der Waals surface area (Å²) >= 11 is 5.98. The average molecular weight is 344 g/mol. The first-order valence-corrected chi connectivity index (χ1v) is 8.73. The van der Waals surface area contributed by atoms with Crippen LogP contribution in [0.2, 0.25) is 5.02 Å². The van der Waals surface area contributed by atoms with Gasteiger partial charge in [-0.15, -0.1) is 5.10 Å². The van der Waals surface area contributed by atoms with E-state index in [0.717, 1.165) is 30.0 Å². The monoisotopic (exact) mass is 343 g/mol. The quantitative estimate of drug-likeness (QED) is 0.732. The van der Waals surface area contributed by atoms with Crippen LogP contribution in [-0.2, 0) is 0 Å². The summed E-state index contributed by atoms with van der Waals surface area (Å²) in [4.78, 5) is 4.47. The van der Waals surface area contributed by atoms with E-state index in [2.05, 4.69) is 31.9 Å². The molecular formula is C18H22ClN5. The van der Waals surface area contributed by atoms with Gasteiger partial charge in [-0.05, 0) is 62.8 Å². The molecule has 0 amide bonds. The van der Waals surface area contributed by atoms with Gasteiger partial charge < -0.3 is 10.6 Å². The molecule has 1 aromatic carbocycles. The van der Waals surface area contributed by atoms with Crippen molar-refractivity contribution in [2.24, 2.45) is 0 Å². The highest BCUT2D eigenvalue weighted by Gasteiger charge is 2.06. The molecule has 0 saturated carbocycles. The third kappa shape index (κ3) is 4.68. The SMILES string of the molecule is Cc1cc(Cl)ccc1Nc1nncc(NCCC2=CCCCC2)n1. The molecule has 5 nitrogen and oxygen atoms in total. The molecule has 0 saturated heterocycles. The zero-order chi connectivity index (χ0) is 16.8. The Morgan fingerprint density at radius 3 is 2.96 bits per heavy atom. The van der Waals surface area contributed by atoms with Crippen molar-refractivity contribution in [1.82, 2.24) is 15.2 Å². The topological polar surface area (TPSA) is 62.7 Å². The smallest absolute Gasteiger partial charge is 0.249 e. The van der Waals surface area contributed by atoms with Crippen LogP contribution in [0.25, 0.3) is 0 Å². The summed E-state index contributed by atoms with van der Waals surface area (Å²) in [7, 11) is 0. The molecule has 6 heteroatoms. The molecule has 0 aliphatic heterocycles. The van der Waals surface area contributed by atoms with E-state index in [1.54, 1.807) is 11.8 Å². The van der Waals surface area contributed by atoms with Crippen molar-refractivity contribution < 1.29 is 0 Å². The van der Waals surface area contributed by atoms with Crippen molar-refractivity contribution in [3.05, 3.63) is 46.6 Å². The summed E-state index contributed by atoms with van der Waals surface area (Å²) in [6, 6.07) is 5.65. The van der Waals surface area contributed by atoms with Crippen LogP contribution < -0.4 is 10.6 Å². The summed E-state index contributed by atoms with van der Waals surface area (Å²) in [5, 5.41) is 15.3. The number of aryl methyl sites for hydroxylation is 1. The number of benzene rings is 1. The van der Waals surface area contributed by atoms with Crippen LogP contribution in [0.1, 0.15) is 37.7 Å². The molecule has 0 spiro atoms. The van der Waals surface area contributed by atoms with E-state index in [1.807, 2.05) is 25.1 Å². The summed E-state index contributed by atoms with van der Waals surface area (Å²) < 4.78 is 0. The van der Waals surface area contributed by atoms with Gasteiger partial charge in [0.05, 0.1) is 6.20 Å². The molecule has 3 rings (SSSR count). The van der Waals surface area contributed by atoms with E-state index in [1.165, 1.54) is 25.7 Å². The standard InChI is InChI=1S/C18H22ClN5/c1-13-11-15(19)7-8-16(13)22-18-23-17(12-21-24-18)20-10-9-14-5-3-2-4-6-14/h5,7-8,11-12H,2-4,6,9-10H2,1H3,(H2,20,22,23,24). The Labute approximate surface area is 147 Å². The van der Waals surface area contributed by atoms with E-state index in [0.29, 0.717) is 11.0 Å². The van der Waals surface area contributed by atoms with Gasteiger partial charge >= 0.3 is 0 Å². The number of anilines is 3. The number of aromatic nitrogens is 3. The summed E-state index contributed by atoms with van der Waals surface area (Å²) in [6.07, 6.45) is 10.2. The molecule has 2 N–H and O–H groups in total. The van der Waals surface area contributed by atoms with Gasteiger partial charge in [-0.3, -0.25) is 0 Å². The normalized spacial score (nSPS) is 14.2. The second kappa shape index (κ2) is 8.11. The number of halogens is 1. The summed E-state index contributed by atoms with van der Waals surface area (Å²) in [5.41, 5.74) is 3.50. The third-order valence-electron chi connectivity index (χ3n) is 4.13. The first-order valence-electron chi connectivity index (χ1n) is 8.35. The minimum Gasteiger partial charge on any atom is -0.368 e. The molecule has 1 aliphatic carbocycles. The molecule has 0 unspecified atom stereocenters. The number of nitrogens with one attached hydrogen (secondary N) is 2. The molecule has 0 radical (unpaired) electrons. The Balaban J connectivity index is 1.58. The van der Waals surface area contributed by atoms with Crippen LogP contribution in [0, 0.1) is 6.92 Å². The highest BCUT2D eigenvalue weighted by Crippen LogP contribution is 2.22. The zero-order valence-electron chi connectivity index (χ0n) is 13.8. The lowest BCUT2D eigenvalue weighted by Crippen LogP contribution is -2.08. The molecular weight excluding hydrogens is 322 g/mol. The van der Waals surface area contributed by atoms with Gasteiger partial charge in [0.1, 0.15) is 0 Å². The van der Waals surface area contributed by atoms with E-state index in [9.17, 15) is 0 Å². The van der Waals surface area contributed by atoms with E-state index in [4.69, 9.17) is 11.6 Å². The molecule has 1 heterocycles. The van der Waals surface area contributed by atoms with Gasteiger partial charge in [0.15, 0.2) is 5.82 Å². The second-order valence-electron chi connectivity index (χ2n) is 6.03. The van der Waals surface area contributed by atoms with Crippen LogP contribution in [0.5, 0.6) is 0 Å². The van der Waals surface area contributed by atoms with E-state index < -0.39 is 0 Å². The van der Waals surface area contributed by atoms with Crippen LogP contribution >= 0.6 is 11.6 Å². The van der Waals surface area contributed by atoms with Crippen molar-refractivity contribution in [2.75, 3.05) is 17.2 Å². The van der Waals surface area contributed by atoms with Gasteiger partial charge in [0.2, 0.25) is 5.95 Å². The van der Waals surface area contributed by atoms with Crippen LogP contribution in [0.15, 0.2) is 36.0 Å². The Bertz CT molecular complexity index is 729.